The van der Waals surface area contributed by atoms with Crippen molar-refractivity contribution in [3.8, 4) is 6.07 Å². The topological polar surface area (TPSA) is 91.8 Å². The van der Waals surface area contributed by atoms with Gasteiger partial charge in [-0.05, 0) is 42.3 Å². The summed E-state index contributed by atoms with van der Waals surface area (Å²) >= 11 is 6.08. The van der Waals surface area contributed by atoms with E-state index in [0.29, 0.717) is 33.6 Å². The number of amides is 1. The number of carbonyl (C=O) groups excluding carboxylic acids is 1. The van der Waals surface area contributed by atoms with Gasteiger partial charge in [-0.15, -0.1) is 0 Å². The summed E-state index contributed by atoms with van der Waals surface area (Å²) < 4.78 is 13.1. The number of benzene rings is 2. The molecule has 0 aliphatic carbocycles. The number of halogens is 2. The fraction of sp³-hybridized carbons (Fsp3) is 0.150. The molecular formula is C20H16ClFN4O. The summed E-state index contributed by atoms with van der Waals surface area (Å²) in [4.78, 5) is 16.1. The molecule has 27 heavy (non-hydrogen) atoms. The maximum Gasteiger partial charge on any atom is 0.222 e. The molecule has 0 radical (unpaired) electrons. The van der Waals surface area contributed by atoms with Crippen molar-refractivity contribution >= 4 is 34.1 Å². The SMILES string of the molecule is N#Cc1cnc2ccc(Cl)cc2c1NCC(Cc1ccc(F)cc1)C(N)=O. The first-order valence-corrected chi connectivity index (χ1v) is 8.61. The molecule has 0 bridgehead atoms. The Balaban J connectivity index is 1.87. The van der Waals surface area contributed by atoms with E-state index in [1.807, 2.05) is 0 Å². The summed E-state index contributed by atoms with van der Waals surface area (Å²) in [6.07, 6.45) is 1.83. The standard InChI is InChI=1S/C20H16ClFN4O/c21-15-3-6-18-17(8-15)19(14(9-23)11-25-18)26-10-13(20(24)27)7-12-1-4-16(22)5-2-12/h1-6,8,11,13H,7,10H2,(H2,24,27)(H,25,26). The van der Waals surface area contributed by atoms with Crippen molar-refractivity contribution in [3.05, 3.63) is 70.6 Å². The zero-order valence-electron chi connectivity index (χ0n) is 14.2. The van der Waals surface area contributed by atoms with Gasteiger partial charge in [0.15, 0.2) is 0 Å². The van der Waals surface area contributed by atoms with Crippen LogP contribution in [0.5, 0.6) is 0 Å². The van der Waals surface area contributed by atoms with Crippen LogP contribution in [0.2, 0.25) is 5.02 Å². The quantitative estimate of drug-likeness (QED) is 0.680. The molecule has 0 saturated heterocycles. The zero-order valence-corrected chi connectivity index (χ0v) is 15.0. The second-order valence-corrected chi connectivity index (χ2v) is 6.57. The average Bonchev–Trinajstić information content (AvgIpc) is 2.66. The second-order valence-electron chi connectivity index (χ2n) is 6.13. The van der Waals surface area contributed by atoms with Gasteiger partial charge >= 0.3 is 0 Å². The molecule has 0 saturated carbocycles. The molecule has 2 aromatic carbocycles. The molecule has 0 aliphatic heterocycles. The molecular weight excluding hydrogens is 367 g/mol. The number of carbonyl (C=O) groups is 1. The number of hydrogen-bond acceptors (Lipinski definition) is 4. The van der Waals surface area contributed by atoms with E-state index >= 15 is 0 Å². The van der Waals surface area contributed by atoms with Crippen LogP contribution in [0.25, 0.3) is 10.9 Å². The first kappa shape index (κ1) is 18.6. The van der Waals surface area contributed by atoms with Crippen LogP contribution in [-0.4, -0.2) is 17.4 Å². The van der Waals surface area contributed by atoms with E-state index in [9.17, 15) is 14.4 Å². The average molecular weight is 383 g/mol. The predicted octanol–water partition coefficient (Wildman–Crippen LogP) is 3.66. The number of fused-ring (bicyclic) bond motifs is 1. The number of aromatic nitrogens is 1. The van der Waals surface area contributed by atoms with Gasteiger partial charge < -0.3 is 11.1 Å². The van der Waals surface area contributed by atoms with E-state index in [0.717, 1.165) is 5.56 Å². The van der Waals surface area contributed by atoms with E-state index in [1.165, 1.54) is 18.3 Å². The molecule has 1 amide bonds. The fourth-order valence-corrected chi connectivity index (χ4v) is 3.02. The summed E-state index contributed by atoms with van der Waals surface area (Å²) in [5.74, 6) is -1.36. The van der Waals surface area contributed by atoms with E-state index < -0.39 is 11.8 Å². The minimum absolute atomic E-state index is 0.215. The van der Waals surface area contributed by atoms with E-state index in [4.69, 9.17) is 17.3 Å². The maximum atomic E-state index is 13.1. The Kier molecular flexibility index (Phi) is 5.53. The number of anilines is 1. The number of pyridine rings is 1. The summed E-state index contributed by atoms with van der Waals surface area (Å²) in [5, 5.41) is 13.7. The highest BCUT2D eigenvalue weighted by molar-refractivity contribution is 6.31. The van der Waals surface area contributed by atoms with Crippen LogP contribution in [0.3, 0.4) is 0 Å². The molecule has 1 unspecified atom stereocenters. The molecule has 3 rings (SSSR count). The largest absolute Gasteiger partial charge is 0.383 e. The predicted molar refractivity (Wildman–Crippen MR) is 103 cm³/mol. The number of nitrogens with one attached hydrogen (secondary N) is 1. The Bertz CT molecular complexity index is 1030. The van der Waals surface area contributed by atoms with Crippen LogP contribution in [0, 0.1) is 23.1 Å². The van der Waals surface area contributed by atoms with Gasteiger partial charge in [0.1, 0.15) is 11.9 Å². The fourth-order valence-electron chi connectivity index (χ4n) is 2.84. The van der Waals surface area contributed by atoms with Crippen molar-refractivity contribution in [1.82, 2.24) is 4.98 Å². The summed E-state index contributed by atoms with van der Waals surface area (Å²) in [5.41, 5.74) is 7.90. The first-order valence-electron chi connectivity index (χ1n) is 8.24. The lowest BCUT2D eigenvalue weighted by molar-refractivity contribution is -0.121. The highest BCUT2D eigenvalue weighted by Gasteiger charge is 2.18. The van der Waals surface area contributed by atoms with Gasteiger partial charge in [0.2, 0.25) is 5.91 Å². The lowest BCUT2D eigenvalue weighted by Crippen LogP contribution is -2.31. The van der Waals surface area contributed by atoms with E-state index in [2.05, 4.69) is 16.4 Å². The van der Waals surface area contributed by atoms with Crippen molar-refractivity contribution in [2.45, 2.75) is 6.42 Å². The molecule has 1 heterocycles. The number of hydrogen-bond donors (Lipinski definition) is 2. The van der Waals surface area contributed by atoms with Gasteiger partial charge in [0.25, 0.3) is 0 Å². The van der Waals surface area contributed by atoms with Crippen molar-refractivity contribution in [1.29, 1.82) is 5.26 Å². The number of rotatable bonds is 6. The normalized spacial score (nSPS) is 11.7. The van der Waals surface area contributed by atoms with Gasteiger partial charge in [-0.3, -0.25) is 9.78 Å². The molecule has 3 N–H and O–H groups in total. The number of nitrogens with two attached hydrogens (primary N) is 1. The molecule has 3 aromatic rings. The van der Waals surface area contributed by atoms with Gasteiger partial charge in [-0.1, -0.05) is 23.7 Å². The van der Waals surface area contributed by atoms with Crippen molar-refractivity contribution in [2.75, 3.05) is 11.9 Å². The smallest absolute Gasteiger partial charge is 0.222 e. The third-order valence-electron chi connectivity index (χ3n) is 4.27. The number of nitrogens with zero attached hydrogens (tertiary/aromatic N) is 2. The van der Waals surface area contributed by atoms with Crippen molar-refractivity contribution in [2.24, 2.45) is 11.7 Å². The summed E-state index contributed by atoms with van der Waals surface area (Å²) in [6.45, 7) is 0.215. The van der Waals surface area contributed by atoms with Crippen LogP contribution in [0.1, 0.15) is 11.1 Å². The Morgan fingerprint density at radius 3 is 2.70 bits per heavy atom. The van der Waals surface area contributed by atoms with Gasteiger partial charge in [-0.2, -0.15) is 5.26 Å². The van der Waals surface area contributed by atoms with Gasteiger partial charge in [-0.25, -0.2) is 4.39 Å². The molecule has 7 heteroatoms. The second kappa shape index (κ2) is 8.02. The van der Waals surface area contributed by atoms with Crippen LogP contribution < -0.4 is 11.1 Å². The zero-order chi connectivity index (χ0) is 19.4. The lowest BCUT2D eigenvalue weighted by atomic mass is 9.98. The Labute approximate surface area is 160 Å². The van der Waals surface area contributed by atoms with E-state index in [-0.39, 0.29) is 12.4 Å². The minimum atomic E-state index is -0.538. The Morgan fingerprint density at radius 1 is 1.30 bits per heavy atom. The third kappa shape index (κ3) is 4.33. The van der Waals surface area contributed by atoms with Crippen molar-refractivity contribution < 1.29 is 9.18 Å². The molecule has 136 valence electrons. The number of nitriles is 1. The van der Waals surface area contributed by atoms with Gasteiger partial charge in [0.05, 0.1) is 22.7 Å². The monoisotopic (exact) mass is 382 g/mol. The van der Waals surface area contributed by atoms with Gasteiger partial charge in [0, 0.05) is 23.2 Å². The van der Waals surface area contributed by atoms with Crippen LogP contribution >= 0.6 is 11.6 Å². The third-order valence-corrected chi connectivity index (χ3v) is 4.51. The van der Waals surface area contributed by atoms with Crippen molar-refractivity contribution in [3.63, 3.8) is 0 Å². The van der Waals surface area contributed by atoms with Crippen LogP contribution in [-0.2, 0) is 11.2 Å². The van der Waals surface area contributed by atoms with Crippen LogP contribution in [0.15, 0.2) is 48.7 Å². The lowest BCUT2D eigenvalue weighted by Gasteiger charge is -2.17. The molecule has 0 aliphatic rings. The highest BCUT2D eigenvalue weighted by atomic mass is 35.5. The Hall–Kier alpha value is -3.17. The molecule has 0 fully saturated rings. The molecule has 1 aromatic heterocycles. The highest BCUT2D eigenvalue weighted by Crippen LogP contribution is 2.28. The Morgan fingerprint density at radius 2 is 2.04 bits per heavy atom. The molecule has 1 atom stereocenters. The molecule has 0 spiro atoms. The van der Waals surface area contributed by atoms with Crippen LogP contribution in [0.4, 0.5) is 10.1 Å². The minimum Gasteiger partial charge on any atom is -0.383 e. The summed E-state index contributed by atoms with van der Waals surface area (Å²) in [6, 6.07) is 13.2. The van der Waals surface area contributed by atoms with E-state index in [1.54, 1.807) is 30.3 Å². The first-order chi connectivity index (χ1) is 13.0. The maximum absolute atomic E-state index is 13.1. The molecule has 5 nitrogen and oxygen atoms in total. The summed E-state index contributed by atoms with van der Waals surface area (Å²) in [7, 11) is 0. The number of primary amides is 1.